The van der Waals surface area contributed by atoms with Crippen LogP contribution >= 0.6 is 0 Å². The summed E-state index contributed by atoms with van der Waals surface area (Å²) in [5.74, 6) is 2.01. The van der Waals surface area contributed by atoms with Gasteiger partial charge in [-0.2, -0.15) is 0 Å². The number of aromatic nitrogens is 2. The second kappa shape index (κ2) is 2.25. The zero-order chi connectivity index (χ0) is 7.97. The maximum absolute atomic E-state index is 4.27. The van der Waals surface area contributed by atoms with E-state index in [1.807, 2.05) is 12.4 Å². The molecule has 0 bridgehead atoms. The molecule has 2 aliphatic rings. The van der Waals surface area contributed by atoms with Crippen LogP contribution in [0.15, 0.2) is 12.4 Å². The number of nitrogens with zero attached hydrogens (tertiary/aromatic N) is 2. The molecular formula is C9H13N3. The van der Waals surface area contributed by atoms with Gasteiger partial charge >= 0.3 is 0 Å². The molecule has 0 spiro atoms. The first kappa shape index (κ1) is 6.52. The summed E-state index contributed by atoms with van der Waals surface area (Å²) in [6, 6.07) is 0.708. The molecule has 3 heteroatoms. The summed E-state index contributed by atoms with van der Waals surface area (Å²) in [5.41, 5.74) is 0. The lowest BCUT2D eigenvalue weighted by Crippen LogP contribution is -2.30. The van der Waals surface area contributed by atoms with Crippen LogP contribution in [0.1, 0.15) is 19.3 Å². The molecule has 1 aromatic heterocycles. The maximum atomic E-state index is 4.27. The highest BCUT2D eigenvalue weighted by atomic mass is 15.2. The van der Waals surface area contributed by atoms with Gasteiger partial charge in [-0.1, -0.05) is 0 Å². The second-order valence-corrected chi connectivity index (χ2v) is 3.82. The van der Waals surface area contributed by atoms with E-state index in [4.69, 9.17) is 0 Å². The van der Waals surface area contributed by atoms with E-state index < -0.39 is 0 Å². The average molecular weight is 163 g/mol. The van der Waals surface area contributed by atoms with Crippen molar-refractivity contribution in [3.8, 4) is 0 Å². The van der Waals surface area contributed by atoms with Gasteiger partial charge in [0.2, 0.25) is 5.95 Å². The molecule has 12 heavy (non-hydrogen) atoms. The fourth-order valence-corrected chi connectivity index (χ4v) is 2.00. The molecule has 1 N–H and O–H groups in total. The van der Waals surface area contributed by atoms with Crippen molar-refractivity contribution < 1.29 is 0 Å². The molecule has 2 heterocycles. The first-order chi connectivity index (χ1) is 5.93. The van der Waals surface area contributed by atoms with Crippen molar-refractivity contribution in [3.05, 3.63) is 12.4 Å². The number of anilines is 1. The van der Waals surface area contributed by atoms with Gasteiger partial charge in [-0.3, -0.25) is 0 Å². The lowest BCUT2D eigenvalue weighted by atomic mass is 10.1. The third-order valence-corrected chi connectivity index (χ3v) is 2.90. The Bertz CT molecular complexity index is 288. The Morgan fingerprint density at radius 2 is 2.33 bits per heavy atom. The number of nitrogens with one attached hydrogen (secondary N) is 1. The molecule has 1 unspecified atom stereocenters. The normalized spacial score (nSPS) is 27.8. The van der Waals surface area contributed by atoms with Gasteiger partial charge in [0.05, 0.1) is 0 Å². The molecule has 0 amide bonds. The number of fused-ring (bicyclic) bond motifs is 1. The molecule has 0 radical (unpaired) electrons. The molecule has 1 aliphatic heterocycles. The minimum absolute atomic E-state index is 0.708. The molecule has 0 saturated heterocycles. The van der Waals surface area contributed by atoms with E-state index in [1.54, 1.807) is 0 Å². The Kier molecular flexibility index (Phi) is 1.22. The topological polar surface area (TPSA) is 29.9 Å². The number of hydrogen-bond acceptors (Lipinski definition) is 2. The van der Waals surface area contributed by atoms with Gasteiger partial charge in [-0.25, -0.2) is 4.98 Å². The maximum Gasteiger partial charge on any atom is 0.202 e. The lowest BCUT2D eigenvalue weighted by Gasteiger charge is -2.25. The average Bonchev–Trinajstić information content (AvgIpc) is 2.84. The minimum atomic E-state index is 0.708. The number of imidazole rings is 1. The predicted molar refractivity (Wildman–Crippen MR) is 47.0 cm³/mol. The zero-order valence-electron chi connectivity index (χ0n) is 7.03. The Hall–Kier alpha value is -0.990. The first-order valence-electron chi connectivity index (χ1n) is 4.71. The van der Waals surface area contributed by atoms with Crippen LogP contribution in [0.2, 0.25) is 0 Å². The van der Waals surface area contributed by atoms with Crippen molar-refractivity contribution in [2.45, 2.75) is 31.8 Å². The molecule has 1 atom stereocenters. The van der Waals surface area contributed by atoms with Crippen LogP contribution in [0.4, 0.5) is 5.95 Å². The van der Waals surface area contributed by atoms with Gasteiger partial charge in [0.25, 0.3) is 0 Å². The number of hydrogen-bond donors (Lipinski definition) is 1. The fraction of sp³-hybridized carbons (Fsp3) is 0.667. The highest BCUT2D eigenvalue weighted by Crippen LogP contribution is 2.37. The van der Waals surface area contributed by atoms with Crippen LogP contribution < -0.4 is 5.32 Å². The van der Waals surface area contributed by atoms with Crippen LogP contribution in [0.5, 0.6) is 0 Å². The summed E-state index contributed by atoms with van der Waals surface area (Å²) in [4.78, 5) is 4.27. The van der Waals surface area contributed by atoms with E-state index in [9.17, 15) is 0 Å². The molecule has 3 nitrogen and oxygen atoms in total. The van der Waals surface area contributed by atoms with E-state index >= 15 is 0 Å². The Morgan fingerprint density at radius 1 is 1.42 bits per heavy atom. The highest BCUT2D eigenvalue weighted by Gasteiger charge is 2.33. The Balaban J connectivity index is 1.83. The van der Waals surface area contributed by atoms with E-state index in [1.165, 1.54) is 19.3 Å². The Labute approximate surface area is 71.8 Å². The quantitative estimate of drug-likeness (QED) is 0.679. The number of aryl methyl sites for hydroxylation is 1. The molecule has 1 aliphatic carbocycles. The monoisotopic (exact) mass is 163 g/mol. The van der Waals surface area contributed by atoms with Crippen molar-refractivity contribution in [2.24, 2.45) is 5.92 Å². The van der Waals surface area contributed by atoms with Crippen molar-refractivity contribution in [1.82, 2.24) is 9.55 Å². The standard InChI is InChI=1S/C9H13N3/c1-2-7(1)8-3-5-12-6-4-10-9(12)11-8/h4,6-8H,1-3,5H2,(H,10,11). The van der Waals surface area contributed by atoms with Crippen LogP contribution in [0, 0.1) is 5.92 Å². The molecule has 1 fully saturated rings. The fourth-order valence-electron chi connectivity index (χ4n) is 2.00. The molecule has 64 valence electrons. The van der Waals surface area contributed by atoms with Crippen molar-refractivity contribution in [2.75, 3.05) is 5.32 Å². The molecule has 3 rings (SSSR count). The summed E-state index contributed by atoms with van der Waals surface area (Å²) in [5, 5.41) is 3.49. The van der Waals surface area contributed by atoms with Gasteiger partial charge in [0.15, 0.2) is 0 Å². The van der Waals surface area contributed by atoms with Crippen LogP contribution in [0.25, 0.3) is 0 Å². The van der Waals surface area contributed by atoms with E-state index in [0.29, 0.717) is 6.04 Å². The molecule has 1 aromatic rings. The summed E-state index contributed by atoms with van der Waals surface area (Å²) < 4.78 is 2.19. The van der Waals surface area contributed by atoms with E-state index in [2.05, 4.69) is 14.9 Å². The van der Waals surface area contributed by atoms with Gasteiger partial charge in [-0.05, 0) is 25.2 Å². The molecule has 1 saturated carbocycles. The van der Waals surface area contributed by atoms with Gasteiger partial charge in [-0.15, -0.1) is 0 Å². The van der Waals surface area contributed by atoms with Crippen LogP contribution in [-0.2, 0) is 6.54 Å². The molecule has 0 aromatic carbocycles. The van der Waals surface area contributed by atoms with Crippen molar-refractivity contribution in [1.29, 1.82) is 0 Å². The molecular weight excluding hydrogens is 150 g/mol. The van der Waals surface area contributed by atoms with E-state index in [0.717, 1.165) is 18.4 Å². The minimum Gasteiger partial charge on any atom is -0.353 e. The van der Waals surface area contributed by atoms with Crippen LogP contribution in [-0.4, -0.2) is 15.6 Å². The zero-order valence-corrected chi connectivity index (χ0v) is 7.03. The smallest absolute Gasteiger partial charge is 0.202 e. The predicted octanol–water partition coefficient (Wildman–Crippen LogP) is 1.48. The SMILES string of the molecule is c1cn2c(n1)NC(C1CC1)CC2. The van der Waals surface area contributed by atoms with Gasteiger partial charge in [0.1, 0.15) is 0 Å². The summed E-state index contributed by atoms with van der Waals surface area (Å²) in [6.45, 7) is 1.14. The largest absolute Gasteiger partial charge is 0.353 e. The second-order valence-electron chi connectivity index (χ2n) is 3.82. The number of rotatable bonds is 1. The van der Waals surface area contributed by atoms with Gasteiger partial charge < -0.3 is 9.88 Å². The third kappa shape index (κ3) is 0.924. The highest BCUT2D eigenvalue weighted by molar-refractivity contribution is 5.30. The Morgan fingerprint density at radius 3 is 3.17 bits per heavy atom. The summed E-state index contributed by atoms with van der Waals surface area (Å²) in [7, 11) is 0. The lowest BCUT2D eigenvalue weighted by molar-refractivity contribution is 0.490. The van der Waals surface area contributed by atoms with Gasteiger partial charge in [0, 0.05) is 25.0 Å². The van der Waals surface area contributed by atoms with Crippen LogP contribution in [0.3, 0.4) is 0 Å². The van der Waals surface area contributed by atoms with Crippen molar-refractivity contribution in [3.63, 3.8) is 0 Å². The van der Waals surface area contributed by atoms with E-state index in [-0.39, 0.29) is 0 Å². The summed E-state index contributed by atoms with van der Waals surface area (Å²) >= 11 is 0. The first-order valence-corrected chi connectivity index (χ1v) is 4.71. The third-order valence-electron chi connectivity index (χ3n) is 2.90. The summed E-state index contributed by atoms with van der Waals surface area (Å²) in [6.07, 6.45) is 8.02. The van der Waals surface area contributed by atoms with Crippen molar-refractivity contribution >= 4 is 5.95 Å².